The molecule has 0 saturated heterocycles. The Labute approximate surface area is 106 Å². The molecule has 1 aromatic carbocycles. The first kappa shape index (κ1) is 13.8. The second-order valence-electron chi connectivity index (χ2n) is 3.77. The summed E-state index contributed by atoms with van der Waals surface area (Å²) in [6.45, 7) is 2.46. The number of hydrogen-bond donors (Lipinski definition) is 2. The highest BCUT2D eigenvalue weighted by molar-refractivity contribution is 6.34. The van der Waals surface area contributed by atoms with Crippen molar-refractivity contribution in [3.63, 3.8) is 0 Å². The van der Waals surface area contributed by atoms with Crippen LogP contribution in [-0.2, 0) is 4.74 Å². The lowest BCUT2D eigenvalue weighted by atomic mass is 10.1. The number of carbonyl (C=O) groups is 1. The van der Waals surface area contributed by atoms with Crippen molar-refractivity contribution in [3.05, 3.63) is 28.8 Å². The van der Waals surface area contributed by atoms with Crippen LogP contribution in [0, 0.1) is 0 Å². The highest BCUT2D eigenvalue weighted by Gasteiger charge is 2.14. The van der Waals surface area contributed by atoms with Crippen LogP contribution in [0.25, 0.3) is 0 Å². The zero-order chi connectivity index (χ0) is 12.8. The van der Waals surface area contributed by atoms with E-state index in [1.165, 1.54) is 0 Å². The Morgan fingerprint density at radius 1 is 1.59 bits per heavy atom. The van der Waals surface area contributed by atoms with Gasteiger partial charge in [-0.15, -0.1) is 0 Å². The standard InChI is InChI=1S/C12H17ClN2O2/c1-3-9(7-17-2)15-12(16)10-5-4-8(14)6-11(10)13/h4-6,9H,3,7,14H2,1-2H3,(H,15,16). The van der Waals surface area contributed by atoms with E-state index < -0.39 is 0 Å². The van der Waals surface area contributed by atoms with Gasteiger partial charge in [-0.1, -0.05) is 18.5 Å². The number of carbonyl (C=O) groups excluding carboxylic acids is 1. The van der Waals surface area contributed by atoms with Gasteiger partial charge in [0.2, 0.25) is 0 Å². The lowest BCUT2D eigenvalue weighted by Crippen LogP contribution is -2.37. The van der Waals surface area contributed by atoms with Gasteiger partial charge in [0.15, 0.2) is 0 Å². The number of rotatable bonds is 5. The van der Waals surface area contributed by atoms with Gasteiger partial charge >= 0.3 is 0 Å². The summed E-state index contributed by atoms with van der Waals surface area (Å²) in [5, 5.41) is 3.21. The van der Waals surface area contributed by atoms with Crippen molar-refractivity contribution >= 4 is 23.2 Å². The van der Waals surface area contributed by atoms with E-state index in [2.05, 4.69) is 5.32 Å². The van der Waals surface area contributed by atoms with Gasteiger partial charge in [-0.3, -0.25) is 4.79 Å². The van der Waals surface area contributed by atoms with Crippen molar-refractivity contribution in [2.75, 3.05) is 19.5 Å². The molecule has 0 spiro atoms. The van der Waals surface area contributed by atoms with Gasteiger partial charge in [-0.05, 0) is 24.6 Å². The van der Waals surface area contributed by atoms with E-state index >= 15 is 0 Å². The number of benzene rings is 1. The zero-order valence-electron chi connectivity index (χ0n) is 10.00. The molecule has 3 N–H and O–H groups in total. The molecule has 0 aliphatic heterocycles. The fraction of sp³-hybridized carbons (Fsp3) is 0.417. The van der Waals surface area contributed by atoms with Crippen molar-refractivity contribution in [2.45, 2.75) is 19.4 Å². The second-order valence-corrected chi connectivity index (χ2v) is 4.18. The summed E-state index contributed by atoms with van der Waals surface area (Å²) in [7, 11) is 1.60. The smallest absolute Gasteiger partial charge is 0.253 e. The predicted molar refractivity (Wildman–Crippen MR) is 69.3 cm³/mol. The first-order chi connectivity index (χ1) is 8.08. The number of nitrogen functional groups attached to an aromatic ring is 1. The van der Waals surface area contributed by atoms with Gasteiger partial charge in [0.05, 0.1) is 23.2 Å². The topological polar surface area (TPSA) is 64.3 Å². The number of ether oxygens (including phenoxy) is 1. The van der Waals surface area contributed by atoms with Crippen LogP contribution in [0.1, 0.15) is 23.7 Å². The maximum absolute atomic E-state index is 11.9. The normalized spacial score (nSPS) is 12.2. The molecular formula is C12H17ClN2O2. The molecule has 1 atom stereocenters. The summed E-state index contributed by atoms with van der Waals surface area (Å²) in [6.07, 6.45) is 0.798. The quantitative estimate of drug-likeness (QED) is 0.793. The highest BCUT2D eigenvalue weighted by Crippen LogP contribution is 2.19. The van der Waals surface area contributed by atoms with Gasteiger partial charge in [-0.2, -0.15) is 0 Å². The summed E-state index contributed by atoms with van der Waals surface area (Å²) >= 11 is 5.96. The summed E-state index contributed by atoms with van der Waals surface area (Å²) in [5.74, 6) is -0.209. The summed E-state index contributed by atoms with van der Waals surface area (Å²) in [4.78, 5) is 11.9. The Morgan fingerprint density at radius 3 is 2.82 bits per heavy atom. The molecule has 1 rings (SSSR count). The minimum absolute atomic E-state index is 0.0129. The molecule has 0 aliphatic carbocycles. The van der Waals surface area contributed by atoms with Crippen molar-refractivity contribution in [1.29, 1.82) is 0 Å². The van der Waals surface area contributed by atoms with E-state index in [-0.39, 0.29) is 11.9 Å². The van der Waals surface area contributed by atoms with Crippen LogP contribution in [0.3, 0.4) is 0 Å². The average molecular weight is 257 g/mol. The maximum Gasteiger partial charge on any atom is 0.253 e. The molecule has 1 amide bonds. The molecule has 0 saturated carbocycles. The monoisotopic (exact) mass is 256 g/mol. The van der Waals surface area contributed by atoms with Gasteiger partial charge in [0.25, 0.3) is 5.91 Å². The number of amides is 1. The molecule has 1 unspecified atom stereocenters. The number of halogens is 1. The molecule has 4 nitrogen and oxygen atoms in total. The van der Waals surface area contributed by atoms with Crippen LogP contribution >= 0.6 is 11.6 Å². The van der Waals surface area contributed by atoms with E-state index in [0.717, 1.165) is 6.42 Å². The number of nitrogens with two attached hydrogens (primary N) is 1. The third kappa shape index (κ3) is 3.91. The Morgan fingerprint density at radius 2 is 2.29 bits per heavy atom. The minimum atomic E-state index is -0.209. The average Bonchev–Trinajstić information content (AvgIpc) is 2.28. The largest absolute Gasteiger partial charge is 0.399 e. The van der Waals surface area contributed by atoms with Crippen molar-refractivity contribution < 1.29 is 9.53 Å². The zero-order valence-corrected chi connectivity index (χ0v) is 10.8. The van der Waals surface area contributed by atoms with Gasteiger partial charge in [-0.25, -0.2) is 0 Å². The lowest BCUT2D eigenvalue weighted by Gasteiger charge is -2.16. The lowest BCUT2D eigenvalue weighted by molar-refractivity contribution is 0.0895. The van der Waals surface area contributed by atoms with E-state index in [1.54, 1.807) is 25.3 Å². The number of hydrogen-bond acceptors (Lipinski definition) is 3. The molecule has 0 radical (unpaired) electrons. The maximum atomic E-state index is 11.9. The van der Waals surface area contributed by atoms with Gasteiger partial charge in [0, 0.05) is 12.8 Å². The molecule has 1 aromatic rings. The van der Waals surface area contributed by atoms with Crippen LogP contribution in [0.15, 0.2) is 18.2 Å². The van der Waals surface area contributed by atoms with Crippen molar-refractivity contribution in [3.8, 4) is 0 Å². The molecule has 0 fully saturated rings. The van der Waals surface area contributed by atoms with E-state index in [4.69, 9.17) is 22.1 Å². The first-order valence-corrected chi connectivity index (χ1v) is 5.81. The van der Waals surface area contributed by atoms with Crippen LogP contribution in [-0.4, -0.2) is 25.7 Å². The second kappa shape index (κ2) is 6.47. The summed E-state index contributed by atoms with van der Waals surface area (Å²) in [5.41, 5.74) is 6.53. The fourth-order valence-corrected chi connectivity index (χ4v) is 1.72. The highest BCUT2D eigenvalue weighted by atomic mass is 35.5. The number of anilines is 1. The fourth-order valence-electron chi connectivity index (χ4n) is 1.44. The predicted octanol–water partition coefficient (Wildman–Crippen LogP) is 2.08. The third-order valence-corrected chi connectivity index (χ3v) is 2.75. The van der Waals surface area contributed by atoms with Gasteiger partial charge < -0.3 is 15.8 Å². The third-order valence-electron chi connectivity index (χ3n) is 2.43. The summed E-state index contributed by atoms with van der Waals surface area (Å²) in [6, 6.07) is 4.82. The molecular weight excluding hydrogens is 240 g/mol. The Kier molecular flexibility index (Phi) is 5.25. The van der Waals surface area contributed by atoms with E-state index in [9.17, 15) is 4.79 Å². The van der Waals surface area contributed by atoms with Crippen molar-refractivity contribution in [2.24, 2.45) is 0 Å². The molecule has 0 aliphatic rings. The molecule has 0 heterocycles. The van der Waals surface area contributed by atoms with Crippen LogP contribution in [0.4, 0.5) is 5.69 Å². The minimum Gasteiger partial charge on any atom is -0.399 e. The van der Waals surface area contributed by atoms with Crippen LogP contribution in [0.5, 0.6) is 0 Å². The van der Waals surface area contributed by atoms with Crippen LogP contribution in [0.2, 0.25) is 5.02 Å². The van der Waals surface area contributed by atoms with Crippen LogP contribution < -0.4 is 11.1 Å². The molecule has 17 heavy (non-hydrogen) atoms. The van der Waals surface area contributed by atoms with E-state index in [1.807, 2.05) is 6.92 Å². The number of methoxy groups -OCH3 is 1. The number of nitrogens with one attached hydrogen (secondary N) is 1. The molecule has 0 bridgehead atoms. The van der Waals surface area contributed by atoms with E-state index in [0.29, 0.717) is 22.9 Å². The Hall–Kier alpha value is -1.26. The SMILES string of the molecule is CCC(COC)NC(=O)c1ccc(N)cc1Cl. The first-order valence-electron chi connectivity index (χ1n) is 5.43. The molecule has 94 valence electrons. The Bertz CT molecular complexity index is 396. The van der Waals surface area contributed by atoms with Crippen molar-refractivity contribution in [1.82, 2.24) is 5.32 Å². The molecule has 0 aromatic heterocycles. The summed E-state index contributed by atoms with van der Waals surface area (Å²) < 4.78 is 5.01. The van der Waals surface area contributed by atoms with Gasteiger partial charge in [0.1, 0.15) is 0 Å². The molecule has 5 heteroatoms. The Balaban J connectivity index is 2.75.